The molecule has 0 aliphatic heterocycles. The molecule has 0 unspecified atom stereocenters. The number of benzene rings is 3. The summed E-state index contributed by atoms with van der Waals surface area (Å²) >= 11 is 5.84. The monoisotopic (exact) mass is 393 g/mol. The van der Waals surface area contributed by atoms with E-state index in [1.165, 1.54) is 0 Å². The molecule has 0 radical (unpaired) electrons. The minimum atomic E-state index is -0.727. The number of amides is 2. The molecule has 1 atom stereocenters. The fraction of sp³-hybridized carbons (Fsp3) is 0.136. The Bertz CT molecular complexity index is 1070. The van der Waals surface area contributed by atoms with Gasteiger partial charge in [-0.3, -0.25) is 0 Å². The van der Waals surface area contributed by atoms with Gasteiger partial charge >= 0.3 is 6.03 Å². The van der Waals surface area contributed by atoms with Crippen molar-refractivity contribution in [3.63, 3.8) is 0 Å². The zero-order valence-electron chi connectivity index (χ0n) is 15.1. The van der Waals surface area contributed by atoms with Gasteiger partial charge in [-0.2, -0.15) is 0 Å². The lowest BCUT2D eigenvalue weighted by molar-refractivity contribution is 0.155. The Balaban J connectivity index is 1.44. The summed E-state index contributed by atoms with van der Waals surface area (Å²) in [5, 5.41) is 18.8. The van der Waals surface area contributed by atoms with Crippen LogP contribution in [-0.2, 0) is 6.54 Å². The Morgan fingerprint density at radius 3 is 2.11 bits per heavy atom. The van der Waals surface area contributed by atoms with Gasteiger partial charge in [0.2, 0.25) is 0 Å². The summed E-state index contributed by atoms with van der Waals surface area (Å²) in [6.45, 7) is 0.523. The summed E-state index contributed by atoms with van der Waals surface area (Å²) in [7, 11) is 0. The van der Waals surface area contributed by atoms with Crippen LogP contribution >= 0.6 is 11.6 Å². The van der Waals surface area contributed by atoms with Gasteiger partial charge in [0.1, 0.15) is 0 Å². The number of aliphatic hydroxyl groups excluding tert-OH is 1. The number of hydrogen-bond donors (Lipinski definition) is 3. The lowest BCUT2D eigenvalue weighted by atomic mass is 10.2. The van der Waals surface area contributed by atoms with Crippen molar-refractivity contribution < 1.29 is 9.90 Å². The van der Waals surface area contributed by atoms with E-state index in [-0.39, 0.29) is 12.6 Å². The SMILES string of the molecule is O=C(NC[C@@H](O)Cn1c2ccccc2c2ccccc21)Nc1ccc(Cl)cc1. The van der Waals surface area contributed by atoms with Gasteiger partial charge in [-0.1, -0.05) is 48.0 Å². The van der Waals surface area contributed by atoms with Gasteiger partial charge in [0.25, 0.3) is 0 Å². The fourth-order valence-electron chi connectivity index (χ4n) is 3.39. The molecule has 6 heteroatoms. The zero-order valence-corrected chi connectivity index (χ0v) is 15.9. The highest BCUT2D eigenvalue weighted by Gasteiger charge is 2.14. The predicted octanol–water partition coefficient (Wildman–Crippen LogP) is 4.63. The third-order valence-corrected chi connectivity index (χ3v) is 4.93. The maximum atomic E-state index is 12.1. The Hall–Kier alpha value is -3.02. The van der Waals surface area contributed by atoms with Crippen LogP contribution in [0.3, 0.4) is 0 Å². The number of carbonyl (C=O) groups excluding carboxylic acids is 1. The molecule has 0 aliphatic carbocycles. The maximum absolute atomic E-state index is 12.1. The van der Waals surface area contributed by atoms with Crippen LogP contribution in [0.5, 0.6) is 0 Å². The Labute approximate surface area is 167 Å². The lowest BCUT2D eigenvalue weighted by Gasteiger charge is -2.15. The highest BCUT2D eigenvalue weighted by molar-refractivity contribution is 6.30. The van der Waals surface area contributed by atoms with Crippen LogP contribution in [0.15, 0.2) is 72.8 Å². The number of rotatable bonds is 5. The average molecular weight is 394 g/mol. The quantitative estimate of drug-likeness (QED) is 0.462. The third kappa shape index (κ3) is 3.81. The highest BCUT2D eigenvalue weighted by Crippen LogP contribution is 2.28. The molecule has 1 heterocycles. The van der Waals surface area contributed by atoms with Crippen LogP contribution in [0.25, 0.3) is 21.8 Å². The first-order valence-electron chi connectivity index (χ1n) is 9.06. The number of para-hydroxylation sites is 2. The third-order valence-electron chi connectivity index (χ3n) is 4.67. The van der Waals surface area contributed by atoms with Crippen molar-refractivity contribution in [2.75, 3.05) is 11.9 Å². The molecule has 1 aromatic heterocycles. The van der Waals surface area contributed by atoms with E-state index in [4.69, 9.17) is 11.6 Å². The summed E-state index contributed by atoms with van der Waals surface area (Å²) in [4.78, 5) is 12.1. The maximum Gasteiger partial charge on any atom is 0.319 e. The summed E-state index contributed by atoms with van der Waals surface area (Å²) in [6, 6.07) is 22.7. The van der Waals surface area contributed by atoms with Crippen LogP contribution in [0, 0.1) is 0 Å². The molecule has 0 spiro atoms. The first-order valence-corrected chi connectivity index (χ1v) is 9.44. The topological polar surface area (TPSA) is 66.3 Å². The van der Waals surface area contributed by atoms with E-state index in [1.807, 2.05) is 36.4 Å². The highest BCUT2D eigenvalue weighted by atomic mass is 35.5. The molecule has 3 aromatic carbocycles. The normalized spacial score (nSPS) is 12.2. The predicted molar refractivity (Wildman–Crippen MR) is 114 cm³/mol. The summed E-state index contributed by atoms with van der Waals surface area (Å²) in [6.07, 6.45) is -0.727. The molecular weight excluding hydrogens is 374 g/mol. The van der Waals surface area contributed by atoms with Gasteiger partial charge in [-0.15, -0.1) is 0 Å². The number of aliphatic hydroxyl groups is 1. The molecule has 3 N–H and O–H groups in total. The van der Waals surface area contributed by atoms with E-state index in [0.29, 0.717) is 17.3 Å². The summed E-state index contributed by atoms with van der Waals surface area (Å²) < 4.78 is 2.09. The molecule has 0 fully saturated rings. The number of anilines is 1. The van der Waals surface area contributed by atoms with Gasteiger partial charge in [-0.25, -0.2) is 4.79 Å². The zero-order chi connectivity index (χ0) is 19.5. The molecule has 0 saturated carbocycles. The molecule has 0 saturated heterocycles. The average Bonchev–Trinajstić information content (AvgIpc) is 3.02. The van der Waals surface area contributed by atoms with Crippen molar-refractivity contribution in [2.45, 2.75) is 12.6 Å². The number of hydrogen-bond acceptors (Lipinski definition) is 2. The van der Waals surface area contributed by atoms with Gasteiger partial charge in [0, 0.05) is 39.1 Å². The molecule has 28 heavy (non-hydrogen) atoms. The summed E-state index contributed by atoms with van der Waals surface area (Å²) in [5.74, 6) is 0. The Morgan fingerprint density at radius 1 is 0.929 bits per heavy atom. The van der Waals surface area contributed by atoms with E-state index < -0.39 is 6.10 Å². The van der Waals surface area contributed by atoms with Crippen molar-refractivity contribution in [1.82, 2.24) is 9.88 Å². The standard InChI is InChI=1S/C22H20ClN3O2/c23-15-9-11-16(12-10-15)25-22(28)24-13-17(27)14-26-20-7-3-1-5-18(20)19-6-2-4-8-21(19)26/h1-12,17,27H,13-14H2,(H2,24,25,28)/t17-/m1/s1. The smallest absolute Gasteiger partial charge is 0.319 e. The lowest BCUT2D eigenvalue weighted by Crippen LogP contribution is -2.37. The van der Waals surface area contributed by atoms with Gasteiger partial charge in [0.15, 0.2) is 0 Å². The van der Waals surface area contributed by atoms with Crippen LogP contribution in [0.2, 0.25) is 5.02 Å². The molecule has 142 valence electrons. The van der Waals surface area contributed by atoms with Crippen molar-refractivity contribution in [1.29, 1.82) is 0 Å². The van der Waals surface area contributed by atoms with Gasteiger partial charge in [0.05, 0.1) is 12.6 Å². The van der Waals surface area contributed by atoms with Crippen molar-refractivity contribution in [3.8, 4) is 0 Å². The minimum Gasteiger partial charge on any atom is -0.389 e. The van der Waals surface area contributed by atoms with Gasteiger partial charge < -0.3 is 20.3 Å². The first-order chi connectivity index (χ1) is 13.6. The van der Waals surface area contributed by atoms with E-state index in [0.717, 1.165) is 21.8 Å². The van der Waals surface area contributed by atoms with Crippen molar-refractivity contribution in [2.24, 2.45) is 0 Å². The van der Waals surface area contributed by atoms with Gasteiger partial charge in [-0.05, 0) is 36.4 Å². The second-order valence-electron chi connectivity index (χ2n) is 6.64. The molecule has 0 aliphatic rings. The second-order valence-corrected chi connectivity index (χ2v) is 7.08. The minimum absolute atomic E-state index is 0.139. The van der Waals surface area contributed by atoms with Crippen LogP contribution in [0.1, 0.15) is 0 Å². The number of nitrogens with zero attached hydrogens (tertiary/aromatic N) is 1. The molecular formula is C22H20ClN3O2. The van der Waals surface area contributed by atoms with Crippen LogP contribution < -0.4 is 10.6 Å². The fourth-order valence-corrected chi connectivity index (χ4v) is 3.52. The largest absolute Gasteiger partial charge is 0.389 e. The van der Waals surface area contributed by atoms with E-state index in [9.17, 15) is 9.90 Å². The molecule has 0 bridgehead atoms. The van der Waals surface area contributed by atoms with Crippen LogP contribution in [0.4, 0.5) is 10.5 Å². The number of carbonyl (C=O) groups is 1. The first kappa shape index (κ1) is 18.3. The van der Waals surface area contributed by atoms with Crippen molar-refractivity contribution >= 4 is 45.1 Å². The van der Waals surface area contributed by atoms with Crippen molar-refractivity contribution in [3.05, 3.63) is 77.8 Å². The number of aromatic nitrogens is 1. The Kier molecular flexibility index (Phi) is 5.19. The number of fused-ring (bicyclic) bond motifs is 3. The summed E-state index contributed by atoms with van der Waals surface area (Å²) in [5.41, 5.74) is 2.76. The molecule has 5 nitrogen and oxygen atoms in total. The second kappa shape index (κ2) is 7.92. The number of nitrogens with one attached hydrogen (secondary N) is 2. The van der Waals surface area contributed by atoms with Crippen LogP contribution in [-0.4, -0.2) is 28.4 Å². The Morgan fingerprint density at radius 2 is 1.50 bits per heavy atom. The molecule has 4 aromatic rings. The molecule has 2 amide bonds. The number of halogens is 1. The molecule has 4 rings (SSSR count). The van der Waals surface area contributed by atoms with E-state index in [1.54, 1.807) is 24.3 Å². The van der Waals surface area contributed by atoms with E-state index in [2.05, 4.69) is 27.3 Å². The number of urea groups is 1. The van der Waals surface area contributed by atoms with E-state index >= 15 is 0 Å².